The highest BCUT2D eigenvalue weighted by atomic mass is 16.5. The second-order valence-corrected chi connectivity index (χ2v) is 3.18. The van der Waals surface area contributed by atoms with Gasteiger partial charge in [0.2, 0.25) is 0 Å². The summed E-state index contributed by atoms with van der Waals surface area (Å²) in [4.78, 5) is 0. The van der Waals surface area contributed by atoms with Crippen LogP contribution in [0.15, 0.2) is 6.20 Å². The molecule has 3 nitrogen and oxygen atoms in total. The first-order valence-corrected chi connectivity index (χ1v) is 4.34. The van der Waals surface area contributed by atoms with E-state index in [4.69, 9.17) is 10.5 Å². The van der Waals surface area contributed by atoms with Crippen molar-refractivity contribution in [3.05, 3.63) is 17.3 Å². The third-order valence-electron chi connectivity index (χ3n) is 2.31. The lowest BCUT2D eigenvalue weighted by molar-refractivity contribution is 0.353. The van der Waals surface area contributed by atoms with Crippen molar-refractivity contribution in [2.75, 3.05) is 13.2 Å². The molecule has 1 aromatic heterocycles. The minimum absolute atomic E-state index is 0.696. The molecule has 0 bridgehead atoms. The van der Waals surface area contributed by atoms with Crippen molar-refractivity contribution in [2.24, 2.45) is 5.73 Å². The van der Waals surface area contributed by atoms with E-state index < -0.39 is 0 Å². The van der Waals surface area contributed by atoms with E-state index in [1.807, 2.05) is 0 Å². The van der Waals surface area contributed by atoms with Crippen molar-refractivity contribution in [1.29, 1.82) is 0 Å². The highest BCUT2D eigenvalue weighted by Gasteiger charge is 2.18. The Morgan fingerprint density at radius 2 is 2.50 bits per heavy atom. The molecule has 0 saturated heterocycles. The number of aryl methyl sites for hydroxylation is 1. The Morgan fingerprint density at radius 1 is 1.67 bits per heavy atom. The molecule has 1 aliphatic rings. The molecule has 0 spiro atoms. The maximum atomic E-state index is 5.52. The largest absolute Gasteiger partial charge is 0.477 e. The van der Waals surface area contributed by atoms with Crippen molar-refractivity contribution in [1.82, 2.24) is 4.57 Å². The smallest absolute Gasteiger partial charge is 0.197 e. The molecule has 0 fully saturated rings. The zero-order chi connectivity index (χ0) is 8.55. The molecule has 0 aromatic carbocycles. The van der Waals surface area contributed by atoms with Gasteiger partial charge in [-0.3, -0.25) is 0 Å². The van der Waals surface area contributed by atoms with Crippen LogP contribution in [0.1, 0.15) is 11.1 Å². The van der Waals surface area contributed by atoms with Crippen LogP contribution in [-0.2, 0) is 13.0 Å². The fraction of sp³-hybridized carbons (Fsp3) is 0.556. The van der Waals surface area contributed by atoms with Gasteiger partial charge in [-0.2, -0.15) is 0 Å². The maximum Gasteiger partial charge on any atom is 0.197 e. The van der Waals surface area contributed by atoms with Gasteiger partial charge in [0.05, 0.1) is 6.54 Å². The molecule has 2 heterocycles. The van der Waals surface area contributed by atoms with Gasteiger partial charge in [-0.25, -0.2) is 0 Å². The molecule has 2 N–H and O–H groups in total. The fourth-order valence-corrected chi connectivity index (χ4v) is 1.74. The van der Waals surface area contributed by atoms with Crippen molar-refractivity contribution in [2.45, 2.75) is 19.9 Å². The van der Waals surface area contributed by atoms with Crippen LogP contribution in [0.2, 0.25) is 0 Å². The normalized spacial score (nSPS) is 14.5. The molecular weight excluding hydrogens is 152 g/mol. The molecule has 3 heteroatoms. The van der Waals surface area contributed by atoms with Gasteiger partial charge in [0.25, 0.3) is 0 Å². The second-order valence-electron chi connectivity index (χ2n) is 3.18. The van der Waals surface area contributed by atoms with E-state index in [1.165, 1.54) is 11.1 Å². The summed E-state index contributed by atoms with van der Waals surface area (Å²) in [5.41, 5.74) is 8.11. The molecule has 0 saturated carbocycles. The van der Waals surface area contributed by atoms with Crippen molar-refractivity contribution < 1.29 is 4.74 Å². The third kappa shape index (κ3) is 1.01. The zero-order valence-electron chi connectivity index (χ0n) is 7.34. The van der Waals surface area contributed by atoms with E-state index in [2.05, 4.69) is 17.7 Å². The summed E-state index contributed by atoms with van der Waals surface area (Å²) in [5, 5.41) is 0. The van der Waals surface area contributed by atoms with Gasteiger partial charge in [-0.05, 0) is 25.5 Å². The number of fused-ring (bicyclic) bond motifs is 1. The molecule has 2 rings (SSSR count). The highest BCUT2D eigenvalue weighted by Crippen LogP contribution is 2.28. The number of rotatable bonds is 2. The summed E-state index contributed by atoms with van der Waals surface area (Å²) in [5.74, 6) is 1.04. The molecule has 0 unspecified atom stereocenters. The third-order valence-corrected chi connectivity index (χ3v) is 2.31. The highest BCUT2D eigenvalue weighted by molar-refractivity contribution is 5.37. The van der Waals surface area contributed by atoms with Gasteiger partial charge in [-0.1, -0.05) is 0 Å². The average molecular weight is 166 g/mol. The first kappa shape index (κ1) is 7.68. The van der Waals surface area contributed by atoms with Crippen molar-refractivity contribution >= 4 is 0 Å². The minimum atomic E-state index is 0.696. The lowest BCUT2D eigenvalue weighted by Crippen LogP contribution is -2.04. The Hall–Kier alpha value is -0.960. The van der Waals surface area contributed by atoms with E-state index in [9.17, 15) is 0 Å². The average Bonchev–Trinajstić information content (AvgIpc) is 2.56. The summed E-state index contributed by atoms with van der Waals surface area (Å²) in [6.45, 7) is 4.61. The standard InChI is InChI=1S/C9H14N2O/c1-7-6-11-4-5-12-9(11)8(7)2-3-10/h6H,2-5,10H2,1H3. The van der Waals surface area contributed by atoms with E-state index in [0.29, 0.717) is 6.54 Å². The van der Waals surface area contributed by atoms with Crippen LogP contribution in [0.25, 0.3) is 0 Å². The lowest BCUT2D eigenvalue weighted by Gasteiger charge is -2.00. The van der Waals surface area contributed by atoms with Crippen molar-refractivity contribution in [3.63, 3.8) is 0 Å². The van der Waals surface area contributed by atoms with Crippen LogP contribution in [0.4, 0.5) is 0 Å². The molecule has 1 aromatic rings. The van der Waals surface area contributed by atoms with E-state index in [1.54, 1.807) is 0 Å². The first-order chi connectivity index (χ1) is 5.83. The second kappa shape index (κ2) is 2.83. The van der Waals surface area contributed by atoms with Gasteiger partial charge in [0.15, 0.2) is 5.88 Å². The van der Waals surface area contributed by atoms with Crippen LogP contribution in [0, 0.1) is 6.92 Å². The molecule has 0 atom stereocenters. The zero-order valence-corrected chi connectivity index (χ0v) is 7.34. The Balaban J connectivity index is 2.38. The maximum absolute atomic E-state index is 5.52. The number of hydrogen-bond donors (Lipinski definition) is 1. The summed E-state index contributed by atoms with van der Waals surface area (Å²) in [6.07, 6.45) is 3.07. The van der Waals surface area contributed by atoms with Crippen molar-refractivity contribution in [3.8, 4) is 5.88 Å². The predicted molar refractivity (Wildman–Crippen MR) is 47.4 cm³/mol. The predicted octanol–water partition coefficient (Wildman–Crippen LogP) is 0.690. The molecule has 1 aliphatic heterocycles. The topological polar surface area (TPSA) is 40.2 Å². The Labute approximate surface area is 72.1 Å². The Kier molecular flexibility index (Phi) is 1.81. The molecular formula is C9H14N2O. The van der Waals surface area contributed by atoms with E-state index >= 15 is 0 Å². The van der Waals surface area contributed by atoms with Gasteiger partial charge in [-0.15, -0.1) is 0 Å². The van der Waals surface area contributed by atoms with Crippen LogP contribution < -0.4 is 10.5 Å². The van der Waals surface area contributed by atoms with Crippen LogP contribution in [-0.4, -0.2) is 17.7 Å². The molecule has 0 radical (unpaired) electrons. The number of hydrogen-bond acceptors (Lipinski definition) is 2. The number of aromatic nitrogens is 1. The van der Waals surface area contributed by atoms with Crippen LogP contribution in [0.3, 0.4) is 0 Å². The van der Waals surface area contributed by atoms with E-state index in [-0.39, 0.29) is 0 Å². The van der Waals surface area contributed by atoms with Gasteiger partial charge in [0.1, 0.15) is 6.61 Å². The van der Waals surface area contributed by atoms with Crippen LogP contribution in [0.5, 0.6) is 5.88 Å². The molecule has 12 heavy (non-hydrogen) atoms. The first-order valence-electron chi connectivity index (χ1n) is 4.34. The Morgan fingerprint density at radius 3 is 3.25 bits per heavy atom. The Bertz CT molecular complexity index is 291. The summed E-state index contributed by atoms with van der Waals surface area (Å²) < 4.78 is 7.68. The number of ether oxygens (including phenoxy) is 1. The quantitative estimate of drug-likeness (QED) is 0.702. The SMILES string of the molecule is Cc1cn2c(c1CCN)OCC2. The molecule has 0 aliphatic carbocycles. The lowest BCUT2D eigenvalue weighted by atomic mass is 10.1. The fourth-order valence-electron chi connectivity index (χ4n) is 1.74. The van der Waals surface area contributed by atoms with Gasteiger partial charge >= 0.3 is 0 Å². The summed E-state index contributed by atoms with van der Waals surface area (Å²) in [6, 6.07) is 0. The number of nitrogens with two attached hydrogens (primary N) is 1. The van der Waals surface area contributed by atoms with Gasteiger partial charge < -0.3 is 15.0 Å². The van der Waals surface area contributed by atoms with Gasteiger partial charge in [0, 0.05) is 11.8 Å². The van der Waals surface area contributed by atoms with E-state index in [0.717, 1.165) is 25.5 Å². The summed E-state index contributed by atoms with van der Waals surface area (Å²) in [7, 11) is 0. The minimum Gasteiger partial charge on any atom is -0.477 e. The monoisotopic (exact) mass is 166 g/mol. The number of nitrogens with zero attached hydrogens (tertiary/aromatic N) is 1. The summed E-state index contributed by atoms with van der Waals surface area (Å²) >= 11 is 0. The molecule has 0 amide bonds. The van der Waals surface area contributed by atoms with Crippen LogP contribution >= 0.6 is 0 Å². The molecule has 66 valence electrons.